The van der Waals surface area contributed by atoms with Crippen LogP contribution in [0.5, 0.6) is 0 Å². The molecule has 0 saturated heterocycles. The second-order valence-electron chi connectivity index (χ2n) is 3.43. The molecule has 90 valence electrons. The lowest BCUT2D eigenvalue weighted by atomic mass is 10.2. The number of carbonyl (C=O) groups is 1. The number of nitrogens with zero attached hydrogens (tertiary/aromatic N) is 1. The second-order valence-corrected chi connectivity index (χ2v) is 5.19. The number of thiophene rings is 1. The summed E-state index contributed by atoms with van der Waals surface area (Å²) in [5, 5.41) is 14.1. The van der Waals surface area contributed by atoms with Crippen LogP contribution in [-0.4, -0.2) is 12.2 Å². The summed E-state index contributed by atoms with van der Waals surface area (Å²) in [6.45, 7) is 0. The fraction of sp³-hybridized carbons (Fsp3) is 0.0769. The molecule has 0 spiro atoms. The van der Waals surface area contributed by atoms with Crippen LogP contribution >= 0.6 is 23.1 Å². The van der Waals surface area contributed by atoms with Gasteiger partial charge in [-0.25, -0.2) is 0 Å². The van der Waals surface area contributed by atoms with E-state index in [0.29, 0.717) is 16.1 Å². The number of carbonyl (C=O) groups excluding carboxylic acids is 1. The van der Waals surface area contributed by atoms with Gasteiger partial charge in [0.15, 0.2) is 0 Å². The highest BCUT2D eigenvalue weighted by atomic mass is 32.2. The van der Waals surface area contributed by atoms with Gasteiger partial charge in [-0.3, -0.25) is 4.79 Å². The number of hydrogen-bond acceptors (Lipinski definition) is 4. The van der Waals surface area contributed by atoms with E-state index in [1.807, 2.05) is 24.5 Å². The molecule has 0 radical (unpaired) electrons. The van der Waals surface area contributed by atoms with E-state index >= 15 is 0 Å². The zero-order valence-electron chi connectivity index (χ0n) is 9.64. The first kappa shape index (κ1) is 12.7. The highest BCUT2D eigenvalue weighted by molar-refractivity contribution is 7.98. The van der Waals surface area contributed by atoms with Gasteiger partial charge < -0.3 is 5.32 Å². The van der Waals surface area contributed by atoms with Crippen molar-refractivity contribution in [2.24, 2.45) is 0 Å². The predicted octanol–water partition coefficient (Wildman–Crippen LogP) is 3.59. The second kappa shape index (κ2) is 5.71. The summed E-state index contributed by atoms with van der Waals surface area (Å²) in [7, 11) is 0. The van der Waals surface area contributed by atoms with E-state index in [1.54, 1.807) is 17.5 Å². The van der Waals surface area contributed by atoms with Crippen molar-refractivity contribution in [1.29, 1.82) is 5.26 Å². The Labute approximate surface area is 113 Å². The Morgan fingerprint density at radius 2 is 2.17 bits per heavy atom. The molecular formula is C13H10N2OS2. The number of thioether (sulfide) groups is 1. The first-order valence-electron chi connectivity index (χ1n) is 5.18. The van der Waals surface area contributed by atoms with Crippen molar-refractivity contribution in [3.8, 4) is 6.07 Å². The fourth-order valence-electron chi connectivity index (χ4n) is 1.50. The Morgan fingerprint density at radius 1 is 1.39 bits per heavy atom. The summed E-state index contributed by atoms with van der Waals surface area (Å²) in [5.74, 6) is -0.182. The smallest absolute Gasteiger partial charge is 0.257 e. The van der Waals surface area contributed by atoms with Gasteiger partial charge >= 0.3 is 0 Å². The zero-order chi connectivity index (χ0) is 13.0. The van der Waals surface area contributed by atoms with Crippen LogP contribution < -0.4 is 5.32 Å². The molecule has 0 unspecified atom stereocenters. The van der Waals surface area contributed by atoms with E-state index in [-0.39, 0.29) is 5.91 Å². The average Bonchev–Trinajstić information content (AvgIpc) is 2.85. The monoisotopic (exact) mass is 274 g/mol. The first-order valence-corrected chi connectivity index (χ1v) is 7.28. The van der Waals surface area contributed by atoms with Gasteiger partial charge in [0.05, 0.1) is 11.1 Å². The molecule has 0 aliphatic rings. The highest BCUT2D eigenvalue weighted by Gasteiger charge is 2.13. The maximum Gasteiger partial charge on any atom is 0.257 e. The highest BCUT2D eigenvalue weighted by Crippen LogP contribution is 2.25. The molecule has 3 nitrogen and oxygen atoms in total. The Balaban J connectivity index is 2.25. The lowest BCUT2D eigenvalue weighted by molar-refractivity contribution is 0.102. The fourth-order valence-corrected chi connectivity index (χ4v) is 2.82. The standard InChI is InChI=1S/C13H10N2OS2/c1-17-11-5-3-2-4-10(11)12(16)15-13-9(8-14)6-7-18-13/h2-7H,1H3,(H,15,16). The molecule has 0 atom stereocenters. The molecule has 1 aromatic heterocycles. The van der Waals surface area contributed by atoms with Gasteiger partial charge in [0, 0.05) is 4.90 Å². The van der Waals surface area contributed by atoms with Gasteiger partial charge in [-0.2, -0.15) is 5.26 Å². The van der Waals surface area contributed by atoms with Crippen LogP contribution in [0.15, 0.2) is 40.6 Å². The molecule has 0 aliphatic carbocycles. The number of nitriles is 1. The van der Waals surface area contributed by atoms with Gasteiger partial charge in [0.2, 0.25) is 0 Å². The molecule has 0 bridgehead atoms. The van der Waals surface area contributed by atoms with Crippen molar-refractivity contribution in [2.75, 3.05) is 11.6 Å². The van der Waals surface area contributed by atoms with Crippen LogP contribution in [-0.2, 0) is 0 Å². The van der Waals surface area contributed by atoms with E-state index in [9.17, 15) is 4.79 Å². The first-order chi connectivity index (χ1) is 8.76. The van der Waals surface area contributed by atoms with Crippen LogP contribution in [0.25, 0.3) is 0 Å². The largest absolute Gasteiger partial charge is 0.312 e. The molecule has 0 aliphatic heterocycles. The number of benzene rings is 1. The molecule has 2 rings (SSSR count). The Kier molecular flexibility index (Phi) is 4.03. The molecule has 0 saturated carbocycles. The minimum atomic E-state index is -0.182. The molecule has 1 amide bonds. The lowest BCUT2D eigenvalue weighted by Crippen LogP contribution is -2.12. The van der Waals surface area contributed by atoms with Gasteiger partial charge in [-0.15, -0.1) is 23.1 Å². The Hall–Kier alpha value is -1.77. The summed E-state index contributed by atoms with van der Waals surface area (Å²) in [5.41, 5.74) is 1.12. The van der Waals surface area contributed by atoms with Crippen molar-refractivity contribution < 1.29 is 4.79 Å². The number of nitrogens with one attached hydrogen (secondary N) is 1. The predicted molar refractivity (Wildman–Crippen MR) is 75.2 cm³/mol. The molecule has 2 aromatic rings. The summed E-state index contributed by atoms with van der Waals surface area (Å²) in [4.78, 5) is 13.1. The molecule has 1 aromatic carbocycles. The SMILES string of the molecule is CSc1ccccc1C(=O)Nc1sccc1C#N. The van der Waals surface area contributed by atoms with Crippen molar-refractivity contribution in [1.82, 2.24) is 0 Å². The summed E-state index contributed by atoms with van der Waals surface area (Å²) < 4.78 is 0. The lowest BCUT2D eigenvalue weighted by Gasteiger charge is -2.07. The minimum absolute atomic E-state index is 0.182. The van der Waals surface area contributed by atoms with E-state index in [0.717, 1.165) is 4.90 Å². The molecule has 1 heterocycles. The number of amides is 1. The zero-order valence-corrected chi connectivity index (χ0v) is 11.3. The third-order valence-electron chi connectivity index (χ3n) is 2.36. The molecule has 0 fully saturated rings. The molecule has 1 N–H and O–H groups in total. The van der Waals surface area contributed by atoms with Crippen molar-refractivity contribution in [2.45, 2.75) is 4.90 Å². The summed E-state index contributed by atoms with van der Waals surface area (Å²) in [6, 6.07) is 11.2. The average molecular weight is 274 g/mol. The third-order valence-corrected chi connectivity index (χ3v) is 3.99. The van der Waals surface area contributed by atoms with E-state index in [4.69, 9.17) is 5.26 Å². The number of anilines is 1. The third kappa shape index (κ3) is 2.55. The Morgan fingerprint density at radius 3 is 2.89 bits per heavy atom. The van der Waals surface area contributed by atoms with Crippen molar-refractivity contribution >= 4 is 34.0 Å². The van der Waals surface area contributed by atoms with E-state index in [2.05, 4.69) is 11.4 Å². The van der Waals surface area contributed by atoms with E-state index in [1.165, 1.54) is 23.1 Å². The van der Waals surface area contributed by atoms with Gasteiger partial charge in [0.25, 0.3) is 5.91 Å². The normalized spacial score (nSPS) is 9.78. The topological polar surface area (TPSA) is 52.9 Å². The van der Waals surface area contributed by atoms with Gasteiger partial charge in [-0.1, -0.05) is 12.1 Å². The van der Waals surface area contributed by atoms with Crippen LogP contribution in [0.3, 0.4) is 0 Å². The quantitative estimate of drug-likeness (QED) is 0.870. The van der Waals surface area contributed by atoms with Crippen LogP contribution in [0.1, 0.15) is 15.9 Å². The van der Waals surface area contributed by atoms with Gasteiger partial charge in [-0.05, 0) is 29.8 Å². The van der Waals surface area contributed by atoms with Crippen molar-refractivity contribution in [3.05, 3.63) is 46.8 Å². The van der Waals surface area contributed by atoms with Crippen LogP contribution in [0.4, 0.5) is 5.00 Å². The van der Waals surface area contributed by atoms with Crippen LogP contribution in [0, 0.1) is 11.3 Å². The Bertz CT molecular complexity index is 613. The maximum absolute atomic E-state index is 12.1. The molecule has 18 heavy (non-hydrogen) atoms. The minimum Gasteiger partial charge on any atom is -0.312 e. The molecule has 5 heteroatoms. The van der Waals surface area contributed by atoms with E-state index < -0.39 is 0 Å². The summed E-state index contributed by atoms with van der Waals surface area (Å²) >= 11 is 2.87. The molecular weight excluding hydrogens is 264 g/mol. The van der Waals surface area contributed by atoms with Gasteiger partial charge in [0.1, 0.15) is 11.1 Å². The maximum atomic E-state index is 12.1. The van der Waals surface area contributed by atoms with Crippen molar-refractivity contribution in [3.63, 3.8) is 0 Å². The number of hydrogen-bond donors (Lipinski definition) is 1. The number of rotatable bonds is 3. The summed E-state index contributed by atoms with van der Waals surface area (Å²) in [6.07, 6.45) is 1.93. The van der Waals surface area contributed by atoms with Crippen LogP contribution in [0.2, 0.25) is 0 Å².